The highest BCUT2D eigenvalue weighted by molar-refractivity contribution is 5.96. The van der Waals surface area contributed by atoms with Gasteiger partial charge in [-0.15, -0.1) is 0 Å². The molecule has 4 aromatic rings. The third-order valence-electron chi connectivity index (χ3n) is 5.19. The number of fused-ring (bicyclic) bond motifs is 1. The van der Waals surface area contributed by atoms with E-state index in [1.165, 1.54) is 0 Å². The monoisotopic (exact) mass is 398 g/mol. The molecule has 1 atom stereocenters. The molecule has 0 aliphatic heterocycles. The summed E-state index contributed by atoms with van der Waals surface area (Å²) in [5.41, 5.74) is 0.211. The maximum absolute atomic E-state index is 12.8. The van der Waals surface area contributed by atoms with Crippen LogP contribution in [-0.2, 0) is 12.0 Å². The lowest BCUT2D eigenvalue weighted by molar-refractivity contribution is 0.0352. The number of aromatic nitrogens is 1. The van der Waals surface area contributed by atoms with Gasteiger partial charge in [0.15, 0.2) is 0 Å². The standard InChI is InChI=1S/C25H22N2O3/c28-23-21-14-8-7-11-19(21)15-22(27-23)24(29)26-17-25(30,20-12-5-2-6-13-20)16-18-9-3-1-4-10-18/h1-15,30H,16-17H2,(H,26,29)(H,27,28). The number of carbonyl (C=O) groups excluding carboxylic acids is 1. The first-order valence-corrected chi connectivity index (χ1v) is 9.77. The quantitative estimate of drug-likeness (QED) is 0.466. The molecule has 1 amide bonds. The van der Waals surface area contributed by atoms with Gasteiger partial charge in [-0.25, -0.2) is 0 Å². The molecule has 30 heavy (non-hydrogen) atoms. The van der Waals surface area contributed by atoms with Crippen LogP contribution < -0.4 is 10.9 Å². The number of nitrogens with one attached hydrogen (secondary N) is 2. The minimum atomic E-state index is -1.30. The van der Waals surface area contributed by atoms with Gasteiger partial charge in [0.25, 0.3) is 11.5 Å². The van der Waals surface area contributed by atoms with Gasteiger partial charge in [0.05, 0.1) is 6.54 Å². The lowest BCUT2D eigenvalue weighted by atomic mass is 9.87. The van der Waals surface area contributed by atoms with Crippen LogP contribution in [0.5, 0.6) is 0 Å². The number of pyridine rings is 1. The Kier molecular flexibility index (Phi) is 5.46. The number of H-pyrrole nitrogens is 1. The molecule has 0 spiro atoms. The Bertz CT molecular complexity index is 1220. The molecular formula is C25H22N2O3. The minimum Gasteiger partial charge on any atom is -0.383 e. The fourth-order valence-corrected chi connectivity index (χ4v) is 3.60. The molecule has 1 aromatic heterocycles. The molecule has 5 nitrogen and oxygen atoms in total. The number of aliphatic hydroxyl groups is 1. The first kappa shape index (κ1) is 19.6. The maximum atomic E-state index is 12.8. The van der Waals surface area contributed by atoms with Crippen molar-refractivity contribution in [3.63, 3.8) is 0 Å². The van der Waals surface area contributed by atoms with Gasteiger partial charge in [0.1, 0.15) is 11.3 Å². The largest absolute Gasteiger partial charge is 0.383 e. The molecule has 0 fully saturated rings. The van der Waals surface area contributed by atoms with E-state index in [-0.39, 0.29) is 17.8 Å². The van der Waals surface area contributed by atoms with Crippen molar-refractivity contribution in [3.8, 4) is 0 Å². The zero-order valence-electron chi connectivity index (χ0n) is 16.3. The summed E-state index contributed by atoms with van der Waals surface area (Å²) >= 11 is 0. The normalized spacial score (nSPS) is 13.0. The first-order chi connectivity index (χ1) is 14.5. The molecule has 0 bridgehead atoms. The van der Waals surface area contributed by atoms with E-state index >= 15 is 0 Å². The fourth-order valence-electron chi connectivity index (χ4n) is 3.60. The van der Waals surface area contributed by atoms with E-state index in [4.69, 9.17) is 0 Å². The second-order valence-electron chi connectivity index (χ2n) is 7.34. The SMILES string of the molecule is O=C(NCC(O)(Cc1ccccc1)c1ccccc1)c1cc2ccccc2c(=O)[nH]1. The summed E-state index contributed by atoms with van der Waals surface area (Å²) in [7, 11) is 0. The predicted molar refractivity (Wildman–Crippen MR) is 117 cm³/mol. The Morgan fingerprint density at radius 3 is 2.27 bits per heavy atom. The van der Waals surface area contributed by atoms with Crippen molar-refractivity contribution in [2.75, 3.05) is 6.54 Å². The summed E-state index contributed by atoms with van der Waals surface area (Å²) in [6.45, 7) is -0.000399. The van der Waals surface area contributed by atoms with Crippen LogP contribution in [0.25, 0.3) is 10.8 Å². The van der Waals surface area contributed by atoms with Crippen LogP contribution in [0.4, 0.5) is 0 Å². The van der Waals surface area contributed by atoms with Gasteiger partial charge in [0.2, 0.25) is 0 Å². The summed E-state index contributed by atoms with van der Waals surface area (Å²) in [6.07, 6.45) is 0.340. The van der Waals surface area contributed by atoms with Crippen molar-refractivity contribution in [2.24, 2.45) is 0 Å². The van der Waals surface area contributed by atoms with E-state index in [1.807, 2.05) is 66.7 Å². The Morgan fingerprint density at radius 2 is 1.53 bits per heavy atom. The predicted octanol–water partition coefficient (Wildman–Crippen LogP) is 3.39. The molecule has 4 rings (SSSR count). The van der Waals surface area contributed by atoms with Crippen LogP contribution >= 0.6 is 0 Å². The third-order valence-corrected chi connectivity index (χ3v) is 5.19. The second kappa shape index (κ2) is 8.35. The van der Waals surface area contributed by atoms with Crippen molar-refractivity contribution < 1.29 is 9.90 Å². The molecule has 1 unspecified atom stereocenters. The number of carbonyl (C=O) groups is 1. The average molecular weight is 398 g/mol. The van der Waals surface area contributed by atoms with Crippen molar-refractivity contribution in [2.45, 2.75) is 12.0 Å². The van der Waals surface area contributed by atoms with E-state index in [2.05, 4.69) is 10.3 Å². The van der Waals surface area contributed by atoms with Crippen LogP contribution in [0.2, 0.25) is 0 Å². The zero-order chi connectivity index (χ0) is 21.0. The van der Waals surface area contributed by atoms with Crippen molar-refractivity contribution in [1.82, 2.24) is 10.3 Å². The van der Waals surface area contributed by atoms with Crippen molar-refractivity contribution in [1.29, 1.82) is 0 Å². The average Bonchev–Trinajstić information content (AvgIpc) is 2.79. The summed E-state index contributed by atoms with van der Waals surface area (Å²) < 4.78 is 0. The zero-order valence-corrected chi connectivity index (χ0v) is 16.3. The van der Waals surface area contributed by atoms with Crippen LogP contribution in [0.15, 0.2) is 95.8 Å². The van der Waals surface area contributed by atoms with Crippen LogP contribution in [0.3, 0.4) is 0 Å². The van der Waals surface area contributed by atoms with Crippen LogP contribution in [0, 0.1) is 0 Å². The second-order valence-corrected chi connectivity index (χ2v) is 7.34. The van der Waals surface area contributed by atoms with Gasteiger partial charge >= 0.3 is 0 Å². The van der Waals surface area contributed by atoms with Crippen LogP contribution in [-0.4, -0.2) is 22.5 Å². The molecule has 3 aromatic carbocycles. The van der Waals surface area contributed by atoms with E-state index < -0.39 is 11.5 Å². The number of hydrogen-bond donors (Lipinski definition) is 3. The molecule has 0 radical (unpaired) electrons. The Morgan fingerprint density at radius 1 is 0.900 bits per heavy atom. The summed E-state index contributed by atoms with van der Waals surface area (Å²) in [5, 5.41) is 15.5. The van der Waals surface area contributed by atoms with E-state index in [0.29, 0.717) is 22.8 Å². The first-order valence-electron chi connectivity index (χ1n) is 9.77. The molecule has 0 aliphatic carbocycles. The number of hydrogen-bond acceptors (Lipinski definition) is 3. The van der Waals surface area contributed by atoms with E-state index in [0.717, 1.165) is 5.56 Å². The smallest absolute Gasteiger partial charge is 0.267 e. The Hall–Kier alpha value is -3.70. The van der Waals surface area contributed by atoms with Gasteiger partial charge in [0, 0.05) is 11.8 Å². The number of aromatic amines is 1. The summed E-state index contributed by atoms with van der Waals surface area (Å²) in [6, 6.07) is 27.6. The molecular weight excluding hydrogens is 376 g/mol. The highest BCUT2D eigenvalue weighted by Crippen LogP contribution is 2.25. The third kappa shape index (κ3) is 4.16. The highest BCUT2D eigenvalue weighted by atomic mass is 16.3. The highest BCUT2D eigenvalue weighted by Gasteiger charge is 2.30. The lowest BCUT2D eigenvalue weighted by Gasteiger charge is -2.29. The van der Waals surface area contributed by atoms with Gasteiger partial charge in [-0.05, 0) is 28.6 Å². The molecule has 0 saturated carbocycles. The van der Waals surface area contributed by atoms with E-state index in [9.17, 15) is 14.7 Å². The molecule has 3 N–H and O–H groups in total. The van der Waals surface area contributed by atoms with Gasteiger partial charge in [-0.2, -0.15) is 0 Å². The molecule has 0 aliphatic rings. The Labute approximate surface area is 174 Å². The number of benzene rings is 3. The summed E-state index contributed by atoms with van der Waals surface area (Å²) in [4.78, 5) is 27.7. The molecule has 1 heterocycles. The van der Waals surface area contributed by atoms with Gasteiger partial charge in [-0.3, -0.25) is 9.59 Å². The van der Waals surface area contributed by atoms with Gasteiger partial charge < -0.3 is 15.4 Å². The van der Waals surface area contributed by atoms with E-state index in [1.54, 1.807) is 24.3 Å². The molecule has 5 heteroatoms. The van der Waals surface area contributed by atoms with Crippen LogP contribution in [0.1, 0.15) is 21.6 Å². The van der Waals surface area contributed by atoms with Crippen molar-refractivity contribution >= 4 is 16.7 Å². The Balaban J connectivity index is 1.59. The molecule has 150 valence electrons. The lowest BCUT2D eigenvalue weighted by Crippen LogP contribution is -2.42. The fraction of sp³-hybridized carbons (Fsp3) is 0.120. The number of amides is 1. The maximum Gasteiger partial charge on any atom is 0.267 e. The summed E-state index contributed by atoms with van der Waals surface area (Å²) in [5.74, 6) is -0.444. The van der Waals surface area contributed by atoms with Gasteiger partial charge in [-0.1, -0.05) is 78.9 Å². The van der Waals surface area contributed by atoms with Crippen molar-refractivity contribution in [3.05, 3.63) is 118 Å². The molecule has 0 saturated heterocycles. The topological polar surface area (TPSA) is 82.2 Å². The minimum absolute atomic E-state index is 0.000399. The number of rotatable bonds is 6.